The smallest absolute Gasteiger partial charge is 0.204 e. The Labute approximate surface area is 156 Å². The number of fused-ring (bicyclic) bond motifs is 1. The summed E-state index contributed by atoms with van der Waals surface area (Å²) in [6.07, 6.45) is 6.01. The second kappa shape index (κ2) is 6.29. The number of hydrogen-bond acceptors (Lipinski definition) is 6. The maximum Gasteiger partial charge on any atom is 0.204 e. The number of thiazole rings is 1. The molecule has 0 spiro atoms. The third kappa shape index (κ3) is 2.61. The van der Waals surface area contributed by atoms with Gasteiger partial charge >= 0.3 is 0 Å². The molecule has 2 aromatic carbocycles. The monoisotopic (exact) mass is 364 g/mol. The van der Waals surface area contributed by atoms with Crippen LogP contribution in [0.4, 0.5) is 10.8 Å². The molecule has 1 aromatic heterocycles. The first-order valence-corrected chi connectivity index (χ1v) is 9.88. The zero-order valence-corrected chi connectivity index (χ0v) is 15.2. The molecule has 26 heavy (non-hydrogen) atoms. The fraction of sp³-hybridized carbons (Fsp3) is 0.300. The van der Waals surface area contributed by atoms with E-state index in [1.807, 2.05) is 24.3 Å². The average molecular weight is 364 g/mol. The number of anilines is 2. The number of phenolic OH excluding ortho intramolecular Hbond substituents is 1. The van der Waals surface area contributed by atoms with Gasteiger partial charge < -0.3 is 10.0 Å². The van der Waals surface area contributed by atoms with E-state index >= 15 is 0 Å². The van der Waals surface area contributed by atoms with Gasteiger partial charge in [-0.15, -0.1) is 0 Å². The highest BCUT2D eigenvalue weighted by Gasteiger charge is 2.27. The predicted octanol–water partition coefficient (Wildman–Crippen LogP) is 4.15. The van der Waals surface area contributed by atoms with E-state index in [4.69, 9.17) is 0 Å². The Morgan fingerprint density at radius 1 is 1.19 bits per heavy atom. The molecule has 0 bridgehead atoms. The van der Waals surface area contributed by atoms with Crippen LogP contribution in [0.2, 0.25) is 0 Å². The molecule has 0 radical (unpaired) electrons. The molecule has 5 nitrogen and oxygen atoms in total. The van der Waals surface area contributed by atoms with E-state index in [9.17, 15) is 5.11 Å². The van der Waals surface area contributed by atoms with Crippen molar-refractivity contribution in [2.45, 2.75) is 25.7 Å². The molecule has 5 rings (SSSR count). The Hall–Kier alpha value is -2.60. The predicted molar refractivity (Wildman–Crippen MR) is 108 cm³/mol. The van der Waals surface area contributed by atoms with Gasteiger partial charge in [0.25, 0.3) is 0 Å². The molecule has 0 amide bonds. The lowest BCUT2D eigenvalue weighted by atomic mass is 9.89. The zero-order valence-electron chi connectivity index (χ0n) is 14.4. The van der Waals surface area contributed by atoms with Crippen molar-refractivity contribution in [1.82, 2.24) is 4.98 Å². The molecule has 0 unspecified atom stereocenters. The molecule has 132 valence electrons. The Morgan fingerprint density at radius 2 is 2.04 bits per heavy atom. The van der Waals surface area contributed by atoms with Crippen LogP contribution in [0, 0.1) is 0 Å². The molecule has 2 N–H and O–H groups in total. The number of para-hydroxylation sites is 1. The van der Waals surface area contributed by atoms with Crippen LogP contribution in [0.3, 0.4) is 0 Å². The summed E-state index contributed by atoms with van der Waals surface area (Å²) in [5, 5.41) is 15.8. The fourth-order valence-corrected chi connectivity index (χ4v) is 4.86. The second-order valence-electron chi connectivity index (χ2n) is 6.85. The van der Waals surface area contributed by atoms with Crippen LogP contribution in [0.1, 0.15) is 29.5 Å². The lowest BCUT2D eigenvalue weighted by molar-refractivity contribution is 0.461. The van der Waals surface area contributed by atoms with Crippen LogP contribution in [-0.4, -0.2) is 29.4 Å². The second-order valence-corrected chi connectivity index (χ2v) is 7.88. The topological polar surface area (TPSA) is 60.8 Å². The van der Waals surface area contributed by atoms with Gasteiger partial charge in [0.15, 0.2) is 0 Å². The first-order chi connectivity index (χ1) is 12.8. The van der Waals surface area contributed by atoms with Gasteiger partial charge in [0.2, 0.25) is 5.13 Å². The van der Waals surface area contributed by atoms with Crippen molar-refractivity contribution in [2.24, 2.45) is 5.10 Å². The summed E-state index contributed by atoms with van der Waals surface area (Å²) in [6.45, 7) is 2.21. The average Bonchev–Trinajstić information content (AvgIpc) is 3.08. The van der Waals surface area contributed by atoms with Gasteiger partial charge in [0.05, 0.1) is 16.4 Å². The zero-order chi connectivity index (χ0) is 17.5. The first kappa shape index (κ1) is 15.6. The van der Waals surface area contributed by atoms with Gasteiger partial charge in [-0.05, 0) is 49.4 Å². The number of aromatic hydroxyl groups is 1. The van der Waals surface area contributed by atoms with E-state index in [0.717, 1.165) is 58.8 Å². The Bertz CT molecular complexity index is 975. The van der Waals surface area contributed by atoms with Gasteiger partial charge in [-0.2, -0.15) is 5.10 Å². The summed E-state index contributed by atoms with van der Waals surface area (Å²) in [6, 6.07) is 10.1. The third-order valence-corrected chi connectivity index (χ3v) is 6.12. The summed E-state index contributed by atoms with van der Waals surface area (Å²) >= 11 is 1.57. The normalized spacial score (nSPS) is 16.2. The summed E-state index contributed by atoms with van der Waals surface area (Å²) in [7, 11) is 0. The molecule has 0 aliphatic carbocycles. The number of phenols is 1. The van der Waals surface area contributed by atoms with Crippen LogP contribution in [0.15, 0.2) is 35.4 Å². The van der Waals surface area contributed by atoms with E-state index in [0.29, 0.717) is 5.75 Å². The quantitative estimate of drug-likeness (QED) is 0.541. The Kier molecular flexibility index (Phi) is 3.78. The number of rotatable bonds is 3. The van der Waals surface area contributed by atoms with Crippen molar-refractivity contribution in [3.63, 3.8) is 0 Å². The molecule has 3 aromatic rings. The molecule has 2 aliphatic heterocycles. The number of hydrogen-bond donors (Lipinski definition) is 2. The number of hydrazone groups is 1. The van der Waals surface area contributed by atoms with Crippen molar-refractivity contribution in [2.75, 3.05) is 23.4 Å². The summed E-state index contributed by atoms with van der Waals surface area (Å²) < 4.78 is 1.13. The number of aromatic nitrogens is 1. The van der Waals surface area contributed by atoms with E-state index in [-0.39, 0.29) is 0 Å². The highest BCUT2D eigenvalue weighted by Crippen LogP contribution is 2.41. The minimum absolute atomic E-state index is 0.380. The number of aryl methyl sites for hydroxylation is 1. The molecular weight excluding hydrogens is 344 g/mol. The van der Waals surface area contributed by atoms with Crippen molar-refractivity contribution >= 4 is 38.6 Å². The highest BCUT2D eigenvalue weighted by molar-refractivity contribution is 7.22. The van der Waals surface area contributed by atoms with Crippen LogP contribution >= 0.6 is 11.3 Å². The third-order valence-electron chi connectivity index (χ3n) is 5.18. The van der Waals surface area contributed by atoms with Gasteiger partial charge in [-0.1, -0.05) is 23.5 Å². The molecule has 3 heterocycles. The lowest BCUT2D eigenvalue weighted by Gasteiger charge is -2.37. The molecule has 0 fully saturated rings. The van der Waals surface area contributed by atoms with Crippen LogP contribution in [0.25, 0.3) is 10.2 Å². The number of nitrogens with one attached hydrogen (secondary N) is 1. The highest BCUT2D eigenvalue weighted by atomic mass is 32.1. The van der Waals surface area contributed by atoms with Gasteiger partial charge in [-0.25, -0.2) is 4.98 Å². The molecule has 0 saturated carbocycles. The summed E-state index contributed by atoms with van der Waals surface area (Å²) in [5.74, 6) is 0.380. The SMILES string of the molecule is Oc1c(/C=N/Nc2nc3ccccc3s2)cc2c3c1CCCN3CCC2. The van der Waals surface area contributed by atoms with Crippen molar-refractivity contribution < 1.29 is 5.11 Å². The van der Waals surface area contributed by atoms with Crippen molar-refractivity contribution in [3.05, 3.63) is 47.0 Å². The van der Waals surface area contributed by atoms with Gasteiger partial charge in [-0.3, -0.25) is 5.43 Å². The Balaban J connectivity index is 1.44. The fourth-order valence-electron chi connectivity index (χ4n) is 4.04. The van der Waals surface area contributed by atoms with E-state index in [1.54, 1.807) is 17.6 Å². The summed E-state index contributed by atoms with van der Waals surface area (Å²) in [4.78, 5) is 6.94. The largest absolute Gasteiger partial charge is 0.507 e. The maximum atomic E-state index is 10.7. The van der Waals surface area contributed by atoms with Crippen LogP contribution < -0.4 is 10.3 Å². The van der Waals surface area contributed by atoms with E-state index in [1.165, 1.54) is 17.7 Å². The molecule has 0 atom stereocenters. The molecule has 0 saturated heterocycles. The molecule has 6 heteroatoms. The minimum atomic E-state index is 0.380. The molecule has 2 aliphatic rings. The van der Waals surface area contributed by atoms with E-state index < -0.39 is 0 Å². The van der Waals surface area contributed by atoms with Gasteiger partial charge in [0, 0.05) is 29.9 Å². The number of benzene rings is 2. The standard InChI is InChI=1S/C20H20N4OS/c25-19-14(11-13-5-3-9-24-10-4-6-15(19)18(13)24)12-21-23-20-22-16-7-1-2-8-17(16)26-20/h1-2,7-8,11-12,25H,3-6,9-10H2,(H,22,23)/b21-12+. The summed E-state index contributed by atoms with van der Waals surface area (Å²) in [5.41, 5.74) is 8.47. The van der Waals surface area contributed by atoms with Crippen LogP contribution in [-0.2, 0) is 12.8 Å². The molecular formula is C20H20N4OS. The van der Waals surface area contributed by atoms with Crippen molar-refractivity contribution in [1.29, 1.82) is 0 Å². The maximum absolute atomic E-state index is 10.7. The van der Waals surface area contributed by atoms with Gasteiger partial charge in [0.1, 0.15) is 5.75 Å². The Morgan fingerprint density at radius 3 is 2.92 bits per heavy atom. The first-order valence-electron chi connectivity index (χ1n) is 9.07. The van der Waals surface area contributed by atoms with Crippen LogP contribution in [0.5, 0.6) is 5.75 Å². The number of nitrogens with zero attached hydrogens (tertiary/aromatic N) is 3. The lowest BCUT2D eigenvalue weighted by Crippen LogP contribution is -2.34. The van der Waals surface area contributed by atoms with E-state index in [2.05, 4.69) is 26.5 Å². The minimum Gasteiger partial charge on any atom is -0.507 e. The van der Waals surface area contributed by atoms with Crippen molar-refractivity contribution in [3.8, 4) is 5.75 Å².